The van der Waals surface area contributed by atoms with Crippen molar-refractivity contribution < 1.29 is 14.6 Å². The smallest absolute Gasteiger partial charge is 0.373 e. The molecule has 0 bridgehead atoms. The molecule has 0 amide bonds. The minimum absolute atomic E-state index is 0.211. The Morgan fingerprint density at radius 3 is 2.78 bits per heavy atom. The molecule has 0 saturated carbocycles. The van der Waals surface area contributed by atoms with Crippen molar-refractivity contribution in [3.63, 3.8) is 0 Å². The highest BCUT2D eigenvalue weighted by atomic mass is 16.6. The van der Waals surface area contributed by atoms with E-state index < -0.39 is 5.97 Å². The molecule has 1 unspecified atom stereocenters. The van der Waals surface area contributed by atoms with Crippen molar-refractivity contribution in [2.45, 2.75) is 19.4 Å². The first kappa shape index (κ1) is 6.13. The minimum Gasteiger partial charge on any atom is -0.502 e. The Kier molecular flexibility index (Phi) is 1.42. The summed E-state index contributed by atoms with van der Waals surface area (Å²) < 4.78 is 4.64. The molecule has 3 nitrogen and oxygen atoms in total. The average molecular weight is 128 g/mol. The van der Waals surface area contributed by atoms with Crippen molar-refractivity contribution in [1.82, 2.24) is 0 Å². The lowest BCUT2D eigenvalue weighted by Gasteiger charge is -2.00. The lowest BCUT2D eigenvalue weighted by atomic mass is 10.3. The van der Waals surface area contributed by atoms with Crippen molar-refractivity contribution in [2.75, 3.05) is 0 Å². The molecule has 50 valence electrons. The van der Waals surface area contributed by atoms with Gasteiger partial charge in [0.05, 0.1) is 0 Å². The molecular weight excluding hydrogens is 120 g/mol. The Labute approximate surface area is 52.9 Å². The van der Waals surface area contributed by atoms with E-state index in [0.29, 0.717) is 0 Å². The molecule has 0 radical (unpaired) electrons. The maximum atomic E-state index is 10.4. The highest BCUT2D eigenvalue weighted by Gasteiger charge is 2.22. The Morgan fingerprint density at radius 2 is 2.56 bits per heavy atom. The molecule has 0 spiro atoms. The number of aliphatic hydroxyl groups is 1. The number of carbonyl (C=O) groups excluding carboxylic acids is 1. The first-order valence-corrected chi connectivity index (χ1v) is 2.85. The molecular formula is C6H8O3. The van der Waals surface area contributed by atoms with E-state index in [4.69, 9.17) is 5.11 Å². The van der Waals surface area contributed by atoms with E-state index >= 15 is 0 Å². The third-order valence-electron chi connectivity index (χ3n) is 1.21. The van der Waals surface area contributed by atoms with Gasteiger partial charge < -0.3 is 9.84 Å². The lowest BCUT2D eigenvalue weighted by molar-refractivity contribution is -0.142. The molecule has 0 saturated heterocycles. The number of hydrogen-bond acceptors (Lipinski definition) is 3. The summed E-state index contributed by atoms with van der Waals surface area (Å²) >= 11 is 0. The fourth-order valence-electron chi connectivity index (χ4n) is 0.677. The summed E-state index contributed by atoms with van der Waals surface area (Å²) in [6.07, 6.45) is 1.93. The second kappa shape index (κ2) is 2.09. The van der Waals surface area contributed by atoms with Crippen LogP contribution in [0.2, 0.25) is 0 Å². The quantitative estimate of drug-likeness (QED) is 0.530. The van der Waals surface area contributed by atoms with Crippen molar-refractivity contribution in [1.29, 1.82) is 0 Å². The fraction of sp³-hybridized carbons (Fsp3) is 0.500. The Hall–Kier alpha value is -0.990. The fourth-order valence-corrected chi connectivity index (χ4v) is 0.677. The van der Waals surface area contributed by atoms with Gasteiger partial charge in [-0.25, -0.2) is 4.79 Å². The zero-order chi connectivity index (χ0) is 6.85. The lowest BCUT2D eigenvalue weighted by Crippen LogP contribution is -2.06. The number of rotatable bonds is 1. The third kappa shape index (κ3) is 1.04. The maximum Gasteiger partial charge on any atom is 0.373 e. The summed E-state index contributed by atoms with van der Waals surface area (Å²) in [5.41, 5.74) is 0. The summed E-state index contributed by atoms with van der Waals surface area (Å²) in [7, 11) is 0. The number of ether oxygens (including phenoxy) is 1. The van der Waals surface area contributed by atoms with Crippen molar-refractivity contribution in [2.24, 2.45) is 0 Å². The number of carbonyl (C=O) groups is 1. The highest BCUT2D eigenvalue weighted by Crippen LogP contribution is 2.12. The highest BCUT2D eigenvalue weighted by molar-refractivity contribution is 5.88. The van der Waals surface area contributed by atoms with E-state index in [1.165, 1.54) is 6.08 Å². The first-order chi connectivity index (χ1) is 4.24. The largest absolute Gasteiger partial charge is 0.502 e. The van der Waals surface area contributed by atoms with Gasteiger partial charge in [-0.1, -0.05) is 6.92 Å². The molecule has 0 fully saturated rings. The molecule has 1 rings (SSSR count). The normalized spacial score (nSPS) is 25.7. The van der Waals surface area contributed by atoms with E-state index in [1.54, 1.807) is 0 Å². The van der Waals surface area contributed by atoms with Gasteiger partial charge in [0.25, 0.3) is 0 Å². The Morgan fingerprint density at radius 1 is 1.89 bits per heavy atom. The zero-order valence-electron chi connectivity index (χ0n) is 5.13. The van der Waals surface area contributed by atoms with Crippen LogP contribution in [0.25, 0.3) is 0 Å². The van der Waals surface area contributed by atoms with Crippen LogP contribution in [0.5, 0.6) is 0 Å². The molecule has 1 aliphatic heterocycles. The van der Waals surface area contributed by atoms with Crippen LogP contribution in [-0.4, -0.2) is 17.2 Å². The number of cyclic esters (lactones) is 1. The van der Waals surface area contributed by atoms with Gasteiger partial charge in [-0.3, -0.25) is 0 Å². The van der Waals surface area contributed by atoms with Crippen molar-refractivity contribution in [3.05, 3.63) is 11.8 Å². The van der Waals surface area contributed by atoms with Gasteiger partial charge in [-0.05, 0) is 6.42 Å². The van der Waals surface area contributed by atoms with Gasteiger partial charge in [0.1, 0.15) is 6.10 Å². The summed E-state index contributed by atoms with van der Waals surface area (Å²) in [6, 6.07) is 0. The molecule has 1 N–H and O–H groups in total. The number of esters is 1. The van der Waals surface area contributed by atoms with E-state index in [1.807, 2.05) is 6.92 Å². The van der Waals surface area contributed by atoms with Gasteiger partial charge in [-0.15, -0.1) is 0 Å². The van der Waals surface area contributed by atoms with Crippen LogP contribution in [0.4, 0.5) is 0 Å². The van der Waals surface area contributed by atoms with Gasteiger partial charge >= 0.3 is 5.97 Å². The predicted octanol–water partition coefficient (Wildman–Crippen LogP) is 0.764. The molecule has 9 heavy (non-hydrogen) atoms. The summed E-state index contributed by atoms with van der Waals surface area (Å²) in [5, 5.41) is 8.69. The molecule has 0 aromatic heterocycles. The maximum absolute atomic E-state index is 10.4. The molecule has 0 aromatic carbocycles. The summed E-state index contributed by atoms with van der Waals surface area (Å²) in [5.74, 6) is -0.872. The monoisotopic (exact) mass is 128 g/mol. The van der Waals surface area contributed by atoms with E-state index in [2.05, 4.69) is 4.74 Å². The number of aliphatic hydroxyl groups excluding tert-OH is 1. The van der Waals surface area contributed by atoms with Crippen LogP contribution in [-0.2, 0) is 9.53 Å². The summed E-state index contributed by atoms with van der Waals surface area (Å²) in [4.78, 5) is 10.4. The molecule has 0 aromatic rings. The minimum atomic E-state index is -0.609. The third-order valence-corrected chi connectivity index (χ3v) is 1.21. The SMILES string of the molecule is CCC1C=C(O)C(=O)O1. The van der Waals surface area contributed by atoms with Crippen LogP contribution < -0.4 is 0 Å². The molecule has 3 heteroatoms. The second-order valence-electron chi connectivity index (χ2n) is 1.90. The Balaban J connectivity index is 2.62. The molecule has 1 aliphatic rings. The number of hydrogen-bond donors (Lipinski definition) is 1. The first-order valence-electron chi connectivity index (χ1n) is 2.85. The van der Waals surface area contributed by atoms with Gasteiger partial charge in [0.15, 0.2) is 0 Å². The summed E-state index contributed by atoms with van der Waals surface area (Å²) in [6.45, 7) is 1.88. The van der Waals surface area contributed by atoms with E-state index in [9.17, 15) is 4.79 Å². The van der Waals surface area contributed by atoms with Crippen LogP contribution >= 0.6 is 0 Å². The van der Waals surface area contributed by atoms with Crippen LogP contribution in [0.3, 0.4) is 0 Å². The van der Waals surface area contributed by atoms with E-state index in [-0.39, 0.29) is 11.9 Å². The van der Waals surface area contributed by atoms with Crippen LogP contribution in [0, 0.1) is 0 Å². The molecule has 1 atom stereocenters. The van der Waals surface area contributed by atoms with Gasteiger partial charge in [0.2, 0.25) is 5.76 Å². The van der Waals surface area contributed by atoms with Gasteiger partial charge in [0, 0.05) is 6.08 Å². The molecule has 1 heterocycles. The standard InChI is InChI=1S/C6H8O3/c1-2-4-3-5(7)6(8)9-4/h3-4,7H,2H2,1H3. The second-order valence-corrected chi connectivity index (χ2v) is 1.90. The van der Waals surface area contributed by atoms with Crippen LogP contribution in [0.15, 0.2) is 11.8 Å². The van der Waals surface area contributed by atoms with Crippen molar-refractivity contribution in [3.8, 4) is 0 Å². The van der Waals surface area contributed by atoms with Crippen LogP contribution in [0.1, 0.15) is 13.3 Å². The average Bonchev–Trinajstić information content (AvgIpc) is 2.13. The zero-order valence-corrected chi connectivity index (χ0v) is 5.13. The van der Waals surface area contributed by atoms with E-state index in [0.717, 1.165) is 6.42 Å². The van der Waals surface area contributed by atoms with Crippen molar-refractivity contribution >= 4 is 5.97 Å². The predicted molar refractivity (Wildman–Crippen MR) is 30.9 cm³/mol. The van der Waals surface area contributed by atoms with Gasteiger partial charge in [-0.2, -0.15) is 0 Å². The Bertz CT molecular complexity index is 160. The molecule has 0 aliphatic carbocycles. The topological polar surface area (TPSA) is 46.5 Å².